The van der Waals surface area contributed by atoms with E-state index in [2.05, 4.69) is 20.1 Å². The van der Waals surface area contributed by atoms with Gasteiger partial charge in [-0.05, 0) is 36.4 Å². The molecular weight excluding hydrogens is 407 g/mol. The Morgan fingerprint density at radius 2 is 1.71 bits per heavy atom. The van der Waals surface area contributed by atoms with Crippen molar-refractivity contribution in [2.45, 2.75) is 6.18 Å². The molecule has 0 aliphatic carbocycles. The van der Waals surface area contributed by atoms with Crippen LogP contribution in [0.25, 0.3) is 39.4 Å². The molecule has 154 valence electrons. The van der Waals surface area contributed by atoms with Gasteiger partial charge in [-0.15, -0.1) is 0 Å². The van der Waals surface area contributed by atoms with E-state index in [0.717, 1.165) is 10.7 Å². The number of nitrogens with zero attached hydrogens (tertiary/aromatic N) is 3. The molecule has 3 aromatic heterocycles. The number of aromatic nitrogens is 5. The number of halogens is 3. The first-order chi connectivity index (χ1) is 14.9. The molecule has 0 amide bonds. The van der Waals surface area contributed by atoms with E-state index in [1.807, 2.05) is 0 Å². The minimum Gasteiger partial charge on any atom is -0.338 e. The molecule has 31 heavy (non-hydrogen) atoms. The number of nitrogens with one attached hydrogen (secondary N) is 2. The second-order valence-electron chi connectivity index (χ2n) is 6.92. The second kappa shape index (κ2) is 6.98. The van der Waals surface area contributed by atoms with Crippen molar-refractivity contribution in [2.75, 3.05) is 0 Å². The van der Waals surface area contributed by atoms with E-state index < -0.39 is 11.9 Å². The Kier molecular flexibility index (Phi) is 4.25. The Bertz CT molecular complexity index is 1450. The topological polar surface area (TPSA) is 79.4 Å². The molecule has 9 heteroatoms. The fourth-order valence-electron chi connectivity index (χ4n) is 3.39. The van der Waals surface area contributed by atoms with Gasteiger partial charge in [0.05, 0.1) is 22.4 Å². The molecule has 6 nitrogen and oxygen atoms in total. The van der Waals surface area contributed by atoms with Crippen molar-refractivity contribution in [2.24, 2.45) is 0 Å². The number of H-pyrrole nitrogens is 2. The molecule has 0 aliphatic rings. The van der Waals surface area contributed by atoms with Crippen molar-refractivity contribution < 1.29 is 13.2 Å². The predicted molar refractivity (Wildman–Crippen MR) is 110 cm³/mol. The standard InChI is InChI=1S/C22H14F3N5O/c23-22(24,25)19-12-17(29-30(19)15-4-2-1-3-5-15)13-6-7-16-18(10-13)28-21(27-16)14-8-9-26-20(31)11-14/h1-12H,(H,26,31)(H,27,28). The molecule has 0 aliphatic heterocycles. The maximum absolute atomic E-state index is 13.6. The van der Waals surface area contributed by atoms with E-state index >= 15 is 0 Å². The molecule has 2 N–H and O–H groups in total. The Hall–Kier alpha value is -4.14. The van der Waals surface area contributed by atoms with Crippen LogP contribution in [-0.2, 0) is 6.18 Å². The predicted octanol–water partition coefficient (Wildman–Crippen LogP) is 4.79. The third kappa shape index (κ3) is 3.50. The van der Waals surface area contributed by atoms with Crippen LogP contribution in [0.5, 0.6) is 0 Å². The van der Waals surface area contributed by atoms with Crippen LogP contribution in [0, 0.1) is 0 Å². The smallest absolute Gasteiger partial charge is 0.338 e. The minimum atomic E-state index is -4.56. The van der Waals surface area contributed by atoms with E-state index in [9.17, 15) is 18.0 Å². The third-order valence-corrected chi connectivity index (χ3v) is 4.83. The van der Waals surface area contributed by atoms with Gasteiger partial charge in [0.2, 0.25) is 5.56 Å². The SMILES string of the molecule is O=c1cc(-c2nc3ccc(-c4cc(C(F)(F)F)n(-c5ccccc5)n4)cc3[nH]2)cc[nH]1. The molecule has 0 unspecified atom stereocenters. The van der Waals surface area contributed by atoms with E-state index in [4.69, 9.17) is 0 Å². The summed E-state index contributed by atoms with van der Waals surface area (Å²) in [4.78, 5) is 21.7. The number of hydrogen-bond acceptors (Lipinski definition) is 3. The van der Waals surface area contributed by atoms with E-state index in [0.29, 0.717) is 33.7 Å². The summed E-state index contributed by atoms with van der Waals surface area (Å²) in [6, 6.07) is 17.4. The number of hydrogen-bond donors (Lipinski definition) is 2. The van der Waals surface area contributed by atoms with Crippen LogP contribution in [-0.4, -0.2) is 24.7 Å². The highest BCUT2D eigenvalue weighted by molar-refractivity contribution is 5.84. The molecule has 5 rings (SSSR count). The number of para-hydroxylation sites is 1. The van der Waals surface area contributed by atoms with Crippen molar-refractivity contribution in [3.05, 3.63) is 89.0 Å². The lowest BCUT2D eigenvalue weighted by Crippen LogP contribution is -2.13. The Labute approximate surface area is 173 Å². The Morgan fingerprint density at radius 3 is 2.45 bits per heavy atom. The van der Waals surface area contributed by atoms with Gasteiger partial charge in [0.15, 0.2) is 0 Å². The number of aromatic amines is 2. The van der Waals surface area contributed by atoms with Crippen LogP contribution in [0.1, 0.15) is 5.69 Å². The molecule has 0 bridgehead atoms. The monoisotopic (exact) mass is 421 g/mol. The van der Waals surface area contributed by atoms with Gasteiger partial charge >= 0.3 is 6.18 Å². The molecular formula is C22H14F3N5O. The summed E-state index contributed by atoms with van der Waals surface area (Å²) in [5.74, 6) is 0.490. The summed E-state index contributed by atoms with van der Waals surface area (Å²) in [6.07, 6.45) is -3.04. The summed E-state index contributed by atoms with van der Waals surface area (Å²) in [5, 5.41) is 4.22. The minimum absolute atomic E-state index is 0.186. The van der Waals surface area contributed by atoms with Gasteiger partial charge in [-0.3, -0.25) is 4.79 Å². The fraction of sp³-hybridized carbons (Fsp3) is 0.0455. The van der Waals surface area contributed by atoms with Crippen molar-refractivity contribution >= 4 is 11.0 Å². The number of imidazole rings is 1. The summed E-state index contributed by atoms with van der Waals surface area (Å²) in [6.45, 7) is 0. The van der Waals surface area contributed by atoms with Crippen LogP contribution < -0.4 is 5.56 Å². The molecule has 3 heterocycles. The van der Waals surface area contributed by atoms with Gasteiger partial charge in [0.25, 0.3) is 0 Å². The molecule has 0 spiro atoms. The maximum Gasteiger partial charge on any atom is 0.433 e. The summed E-state index contributed by atoms with van der Waals surface area (Å²) < 4.78 is 41.8. The van der Waals surface area contributed by atoms with Crippen LogP contribution >= 0.6 is 0 Å². The Morgan fingerprint density at radius 1 is 0.903 bits per heavy atom. The highest BCUT2D eigenvalue weighted by Crippen LogP contribution is 2.34. The molecule has 0 fully saturated rings. The van der Waals surface area contributed by atoms with Gasteiger partial charge in [-0.25, -0.2) is 9.67 Å². The summed E-state index contributed by atoms with van der Waals surface area (Å²) in [5.41, 5.74) is 1.74. The second-order valence-corrected chi connectivity index (χ2v) is 6.92. The maximum atomic E-state index is 13.6. The van der Waals surface area contributed by atoms with Crippen LogP contribution in [0.4, 0.5) is 13.2 Å². The lowest BCUT2D eigenvalue weighted by Gasteiger charge is -2.09. The first-order valence-electron chi connectivity index (χ1n) is 9.30. The largest absolute Gasteiger partial charge is 0.433 e. The average molecular weight is 421 g/mol. The average Bonchev–Trinajstić information content (AvgIpc) is 3.38. The third-order valence-electron chi connectivity index (χ3n) is 4.83. The van der Waals surface area contributed by atoms with Crippen molar-refractivity contribution in [3.8, 4) is 28.3 Å². The number of alkyl halides is 3. The molecule has 0 saturated carbocycles. The van der Waals surface area contributed by atoms with Gasteiger partial charge in [0, 0.05) is 23.4 Å². The van der Waals surface area contributed by atoms with Crippen LogP contribution in [0.2, 0.25) is 0 Å². The van der Waals surface area contributed by atoms with Gasteiger partial charge in [-0.2, -0.15) is 18.3 Å². The summed E-state index contributed by atoms with van der Waals surface area (Å²) in [7, 11) is 0. The quantitative estimate of drug-likeness (QED) is 0.440. The lowest BCUT2D eigenvalue weighted by atomic mass is 10.1. The molecule has 0 radical (unpaired) electrons. The zero-order valence-electron chi connectivity index (χ0n) is 15.8. The highest BCUT2D eigenvalue weighted by Gasteiger charge is 2.36. The molecule has 5 aromatic rings. The first kappa shape index (κ1) is 18.9. The van der Waals surface area contributed by atoms with Crippen LogP contribution in [0.3, 0.4) is 0 Å². The van der Waals surface area contributed by atoms with E-state index in [-0.39, 0.29) is 11.3 Å². The number of rotatable bonds is 3. The van der Waals surface area contributed by atoms with Crippen molar-refractivity contribution in [1.29, 1.82) is 0 Å². The molecule has 0 atom stereocenters. The highest BCUT2D eigenvalue weighted by atomic mass is 19.4. The normalized spacial score (nSPS) is 11.8. The van der Waals surface area contributed by atoms with Gasteiger partial charge < -0.3 is 9.97 Å². The fourth-order valence-corrected chi connectivity index (χ4v) is 3.39. The van der Waals surface area contributed by atoms with E-state index in [1.54, 1.807) is 54.6 Å². The van der Waals surface area contributed by atoms with Crippen molar-refractivity contribution in [3.63, 3.8) is 0 Å². The van der Waals surface area contributed by atoms with E-state index in [1.165, 1.54) is 12.3 Å². The zero-order chi connectivity index (χ0) is 21.6. The number of fused-ring (bicyclic) bond motifs is 1. The molecule has 2 aromatic carbocycles. The van der Waals surface area contributed by atoms with Gasteiger partial charge in [-0.1, -0.05) is 24.3 Å². The van der Waals surface area contributed by atoms with Gasteiger partial charge in [0.1, 0.15) is 11.5 Å². The number of pyridine rings is 1. The Balaban J connectivity index is 1.61. The lowest BCUT2D eigenvalue weighted by molar-refractivity contribution is -0.142. The van der Waals surface area contributed by atoms with Crippen molar-refractivity contribution in [1.82, 2.24) is 24.7 Å². The first-order valence-corrected chi connectivity index (χ1v) is 9.30. The zero-order valence-corrected chi connectivity index (χ0v) is 15.8. The molecule has 0 saturated heterocycles. The van der Waals surface area contributed by atoms with Crippen LogP contribution in [0.15, 0.2) is 77.7 Å². The number of benzene rings is 2. The summed E-state index contributed by atoms with van der Waals surface area (Å²) >= 11 is 0.